The molecular formula is C24H29N9O. The lowest BCUT2D eigenvalue weighted by Gasteiger charge is -2.29. The molecule has 1 aliphatic heterocycles. The van der Waals surface area contributed by atoms with Crippen LogP contribution in [0.25, 0.3) is 11.3 Å². The van der Waals surface area contributed by atoms with Crippen LogP contribution in [0.2, 0.25) is 0 Å². The summed E-state index contributed by atoms with van der Waals surface area (Å²) in [6.45, 7) is 5.88. The van der Waals surface area contributed by atoms with E-state index in [2.05, 4.69) is 39.3 Å². The summed E-state index contributed by atoms with van der Waals surface area (Å²) in [7, 11) is 0. The number of carbonyl (C=O) groups excluding carboxylic acids is 1. The van der Waals surface area contributed by atoms with E-state index >= 15 is 0 Å². The molecule has 1 fully saturated rings. The van der Waals surface area contributed by atoms with Crippen LogP contribution in [0, 0.1) is 0 Å². The number of likely N-dealkylation sites (tertiary alicyclic amines) is 1. The molecule has 1 saturated heterocycles. The molecular weight excluding hydrogens is 430 g/mol. The number of benzene rings is 1. The monoisotopic (exact) mass is 459 g/mol. The van der Waals surface area contributed by atoms with Gasteiger partial charge in [0.15, 0.2) is 5.65 Å². The Hall–Kier alpha value is -3.79. The number of hydrogen-bond acceptors (Lipinski definition) is 7. The molecule has 4 aromatic rings. The molecule has 10 heteroatoms. The van der Waals surface area contributed by atoms with Gasteiger partial charge >= 0.3 is 0 Å². The minimum absolute atomic E-state index is 0.141. The van der Waals surface area contributed by atoms with Crippen molar-refractivity contribution in [1.29, 1.82) is 0 Å². The summed E-state index contributed by atoms with van der Waals surface area (Å²) < 4.78 is 3.50. The minimum Gasteiger partial charge on any atom is -0.350 e. The lowest BCUT2D eigenvalue weighted by Crippen LogP contribution is -2.43. The number of aromatic nitrogens is 6. The molecule has 1 amide bonds. The van der Waals surface area contributed by atoms with E-state index in [1.165, 1.54) is 0 Å². The SMILES string of the molecule is CC(C)c1cnn2c(NCc3ccccc3-n3cccn3)nc(C(=O)N3CCC(N)CC3)nc12. The molecule has 5 rings (SSSR count). The Morgan fingerprint density at radius 2 is 1.94 bits per heavy atom. The second-order valence-electron chi connectivity index (χ2n) is 8.92. The standard InChI is InChI=1S/C24H29N9O/c1-16(2)19-15-28-33-22(19)29-21(23(34)31-12-8-18(25)9-13-31)30-24(33)26-14-17-6-3-4-7-20(17)32-11-5-10-27-32/h3-7,10-11,15-16,18H,8-9,12-14,25H2,1-2H3,(H,26,29,30). The number of nitrogens with zero attached hydrogens (tertiary/aromatic N) is 7. The number of para-hydroxylation sites is 1. The number of anilines is 1. The molecule has 0 unspecified atom stereocenters. The summed E-state index contributed by atoms with van der Waals surface area (Å²) >= 11 is 0. The van der Waals surface area contributed by atoms with E-state index in [4.69, 9.17) is 5.73 Å². The maximum Gasteiger partial charge on any atom is 0.291 e. The third-order valence-corrected chi connectivity index (χ3v) is 6.22. The van der Waals surface area contributed by atoms with Gasteiger partial charge in [0.1, 0.15) is 0 Å². The fourth-order valence-electron chi connectivity index (χ4n) is 4.23. The van der Waals surface area contributed by atoms with Crippen molar-refractivity contribution in [2.45, 2.75) is 45.2 Å². The van der Waals surface area contributed by atoms with Crippen LogP contribution in [0.3, 0.4) is 0 Å². The number of fused-ring (bicyclic) bond motifs is 1. The third-order valence-electron chi connectivity index (χ3n) is 6.22. The van der Waals surface area contributed by atoms with Gasteiger partial charge in [-0.1, -0.05) is 32.0 Å². The summed E-state index contributed by atoms with van der Waals surface area (Å²) in [5.74, 6) is 0.680. The molecule has 0 bridgehead atoms. The van der Waals surface area contributed by atoms with Crippen molar-refractivity contribution >= 4 is 17.5 Å². The average Bonchev–Trinajstić information content (AvgIpc) is 3.53. The molecule has 3 N–H and O–H groups in total. The predicted octanol–water partition coefficient (Wildman–Crippen LogP) is 2.61. The number of nitrogens with two attached hydrogens (primary N) is 1. The van der Waals surface area contributed by atoms with Gasteiger partial charge in [0, 0.05) is 43.6 Å². The van der Waals surface area contributed by atoms with E-state index < -0.39 is 0 Å². The number of piperidine rings is 1. The highest BCUT2D eigenvalue weighted by molar-refractivity contribution is 5.91. The molecule has 0 saturated carbocycles. The molecule has 34 heavy (non-hydrogen) atoms. The van der Waals surface area contributed by atoms with Crippen molar-refractivity contribution in [3.8, 4) is 5.69 Å². The number of rotatable bonds is 6. The maximum absolute atomic E-state index is 13.3. The summed E-state index contributed by atoms with van der Waals surface area (Å²) in [5.41, 5.74) is 9.63. The summed E-state index contributed by atoms with van der Waals surface area (Å²) in [6, 6.07) is 10.0. The molecule has 3 aromatic heterocycles. The summed E-state index contributed by atoms with van der Waals surface area (Å²) in [6.07, 6.45) is 7.03. The van der Waals surface area contributed by atoms with Crippen LogP contribution in [-0.2, 0) is 6.54 Å². The highest BCUT2D eigenvalue weighted by Crippen LogP contribution is 2.23. The van der Waals surface area contributed by atoms with Gasteiger partial charge in [0.25, 0.3) is 5.91 Å². The molecule has 1 aromatic carbocycles. The van der Waals surface area contributed by atoms with Gasteiger partial charge in [-0.05, 0) is 36.5 Å². The van der Waals surface area contributed by atoms with Crippen LogP contribution >= 0.6 is 0 Å². The summed E-state index contributed by atoms with van der Waals surface area (Å²) in [5, 5.41) is 12.3. The van der Waals surface area contributed by atoms with Crippen LogP contribution in [-0.4, -0.2) is 59.3 Å². The van der Waals surface area contributed by atoms with Crippen molar-refractivity contribution in [3.63, 3.8) is 0 Å². The average molecular weight is 460 g/mol. The van der Waals surface area contributed by atoms with Crippen molar-refractivity contribution in [2.75, 3.05) is 18.4 Å². The minimum atomic E-state index is -0.176. The Morgan fingerprint density at radius 1 is 1.15 bits per heavy atom. The Labute approximate surface area is 197 Å². The quantitative estimate of drug-likeness (QED) is 0.455. The van der Waals surface area contributed by atoms with Crippen LogP contribution in [0.5, 0.6) is 0 Å². The van der Waals surface area contributed by atoms with E-state index in [9.17, 15) is 4.79 Å². The second kappa shape index (κ2) is 9.22. The van der Waals surface area contributed by atoms with E-state index in [1.54, 1.807) is 21.8 Å². The molecule has 176 valence electrons. The zero-order chi connectivity index (χ0) is 23.7. The number of carbonyl (C=O) groups is 1. The van der Waals surface area contributed by atoms with E-state index in [0.29, 0.717) is 31.2 Å². The highest BCUT2D eigenvalue weighted by atomic mass is 16.2. The van der Waals surface area contributed by atoms with E-state index in [-0.39, 0.29) is 23.7 Å². The van der Waals surface area contributed by atoms with Crippen molar-refractivity contribution in [2.24, 2.45) is 5.73 Å². The third kappa shape index (κ3) is 4.24. The molecule has 0 atom stereocenters. The van der Waals surface area contributed by atoms with Crippen LogP contribution in [0.15, 0.2) is 48.9 Å². The molecule has 0 spiro atoms. The van der Waals surface area contributed by atoms with Gasteiger partial charge in [0.05, 0.1) is 11.9 Å². The first kappa shape index (κ1) is 22.0. The smallest absolute Gasteiger partial charge is 0.291 e. The zero-order valence-corrected chi connectivity index (χ0v) is 19.4. The van der Waals surface area contributed by atoms with Gasteiger partial charge in [-0.15, -0.1) is 0 Å². The van der Waals surface area contributed by atoms with Crippen LogP contribution in [0.1, 0.15) is 54.4 Å². The Morgan fingerprint density at radius 3 is 2.68 bits per heavy atom. The van der Waals surface area contributed by atoms with Gasteiger partial charge in [-0.2, -0.15) is 19.7 Å². The van der Waals surface area contributed by atoms with Crippen molar-refractivity contribution in [3.05, 3.63) is 65.9 Å². The van der Waals surface area contributed by atoms with E-state index in [1.807, 2.05) is 41.2 Å². The lowest BCUT2D eigenvalue weighted by atomic mass is 10.1. The van der Waals surface area contributed by atoms with Gasteiger partial charge in [0.2, 0.25) is 11.8 Å². The fraction of sp³-hybridized carbons (Fsp3) is 0.375. The molecule has 10 nitrogen and oxygen atoms in total. The number of nitrogens with one attached hydrogen (secondary N) is 1. The van der Waals surface area contributed by atoms with Crippen LogP contribution in [0.4, 0.5) is 5.95 Å². The molecule has 0 aliphatic carbocycles. The second-order valence-corrected chi connectivity index (χ2v) is 8.92. The van der Waals surface area contributed by atoms with Crippen molar-refractivity contribution in [1.82, 2.24) is 34.3 Å². The first-order valence-corrected chi connectivity index (χ1v) is 11.6. The maximum atomic E-state index is 13.3. The fourth-order valence-corrected chi connectivity index (χ4v) is 4.23. The van der Waals surface area contributed by atoms with Gasteiger partial charge in [-0.25, -0.2) is 9.67 Å². The number of amides is 1. The largest absolute Gasteiger partial charge is 0.350 e. The topological polar surface area (TPSA) is 119 Å². The van der Waals surface area contributed by atoms with Gasteiger partial charge in [-0.3, -0.25) is 4.79 Å². The first-order chi connectivity index (χ1) is 16.5. The lowest BCUT2D eigenvalue weighted by molar-refractivity contribution is 0.0702. The van der Waals surface area contributed by atoms with Gasteiger partial charge < -0.3 is 16.0 Å². The predicted molar refractivity (Wildman–Crippen MR) is 129 cm³/mol. The highest BCUT2D eigenvalue weighted by Gasteiger charge is 2.26. The molecule has 0 radical (unpaired) electrons. The summed E-state index contributed by atoms with van der Waals surface area (Å²) in [4.78, 5) is 24.3. The van der Waals surface area contributed by atoms with Crippen LogP contribution < -0.4 is 11.1 Å². The Kier molecular flexibility index (Phi) is 5.97. The molecule has 1 aliphatic rings. The van der Waals surface area contributed by atoms with E-state index in [0.717, 1.165) is 29.7 Å². The van der Waals surface area contributed by atoms with Crippen molar-refractivity contribution < 1.29 is 4.79 Å². The Bertz CT molecular complexity index is 1290. The Balaban J connectivity index is 1.49. The normalized spacial score (nSPS) is 14.8. The first-order valence-electron chi connectivity index (χ1n) is 11.6. The zero-order valence-electron chi connectivity index (χ0n) is 19.4. The molecule has 4 heterocycles. The number of hydrogen-bond donors (Lipinski definition) is 2.